The molecule has 0 spiro atoms. The lowest BCUT2D eigenvalue weighted by Gasteiger charge is -2.12. The van der Waals surface area contributed by atoms with E-state index < -0.39 is 6.03 Å². The van der Waals surface area contributed by atoms with Gasteiger partial charge in [0.2, 0.25) is 0 Å². The third-order valence-corrected chi connectivity index (χ3v) is 5.37. The monoisotopic (exact) mass is 440 g/mol. The maximum absolute atomic E-state index is 12.2. The van der Waals surface area contributed by atoms with E-state index in [2.05, 4.69) is 17.4 Å². The van der Waals surface area contributed by atoms with Crippen LogP contribution in [0.4, 0.5) is 4.79 Å². The summed E-state index contributed by atoms with van der Waals surface area (Å²) in [5.74, 6) is -0.0167. The first-order chi connectivity index (χ1) is 14.5. The van der Waals surface area contributed by atoms with Crippen LogP contribution < -0.4 is 10.1 Å². The van der Waals surface area contributed by atoms with Crippen LogP contribution in [0.1, 0.15) is 18.1 Å². The van der Waals surface area contributed by atoms with E-state index in [1.54, 1.807) is 25.1 Å². The van der Waals surface area contributed by atoms with E-state index >= 15 is 0 Å². The van der Waals surface area contributed by atoms with Gasteiger partial charge in [-0.2, -0.15) is 0 Å². The number of imide groups is 1. The minimum Gasteiger partial charge on any atom is -0.486 e. The van der Waals surface area contributed by atoms with Crippen LogP contribution in [-0.2, 0) is 11.4 Å². The number of ether oxygens (including phenoxy) is 1. The summed E-state index contributed by atoms with van der Waals surface area (Å²) in [5.41, 5.74) is 1.76. The number of fused-ring (bicyclic) bond motifs is 1. The second-order valence-corrected chi connectivity index (χ2v) is 7.64. The van der Waals surface area contributed by atoms with Crippen LogP contribution >= 0.6 is 23.2 Å². The zero-order valence-corrected chi connectivity index (χ0v) is 17.6. The molecule has 4 rings (SSSR count). The summed E-state index contributed by atoms with van der Waals surface area (Å²) in [5, 5.41) is 5.47. The Morgan fingerprint density at radius 1 is 1.00 bits per heavy atom. The molecule has 30 heavy (non-hydrogen) atoms. The molecule has 152 valence electrons. The van der Waals surface area contributed by atoms with Gasteiger partial charge in [0.25, 0.3) is 5.91 Å². The number of amides is 3. The zero-order chi connectivity index (χ0) is 21.3. The zero-order valence-electron chi connectivity index (χ0n) is 16.1. The highest BCUT2D eigenvalue weighted by Gasteiger charge is 2.32. The average Bonchev–Trinajstić information content (AvgIpc) is 2.99. The van der Waals surface area contributed by atoms with Crippen LogP contribution in [0.5, 0.6) is 5.75 Å². The maximum Gasteiger partial charge on any atom is 0.328 e. The third kappa shape index (κ3) is 3.99. The highest BCUT2D eigenvalue weighted by molar-refractivity contribution is 6.37. The second kappa shape index (κ2) is 8.38. The molecule has 3 aromatic rings. The van der Waals surface area contributed by atoms with Crippen LogP contribution in [0.25, 0.3) is 16.8 Å². The summed E-state index contributed by atoms with van der Waals surface area (Å²) >= 11 is 12.8. The first-order valence-corrected chi connectivity index (χ1v) is 10.2. The number of carbonyl (C=O) groups is 2. The van der Waals surface area contributed by atoms with Gasteiger partial charge in [-0.3, -0.25) is 9.69 Å². The molecule has 5 nitrogen and oxygen atoms in total. The molecule has 1 saturated heterocycles. The molecule has 1 aliphatic heterocycles. The molecule has 7 heteroatoms. The van der Waals surface area contributed by atoms with Crippen molar-refractivity contribution >= 4 is 52.0 Å². The van der Waals surface area contributed by atoms with Gasteiger partial charge in [0.1, 0.15) is 12.3 Å². The molecule has 0 aliphatic carbocycles. The van der Waals surface area contributed by atoms with E-state index in [4.69, 9.17) is 27.9 Å². The summed E-state index contributed by atoms with van der Waals surface area (Å²) in [7, 11) is 0. The predicted molar refractivity (Wildman–Crippen MR) is 119 cm³/mol. The molecule has 0 saturated carbocycles. The largest absolute Gasteiger partial charge is 0.486 e. The van der Waals surface area contributed by atoms with Gasteiger partial charge in [-0.15, -0.1) is 0 Å². The van der Waals surface area contributed by atoms with E-state index in [0.29, 0.717) is 34.5 Å². The molecular weight excluding hydrogens is 423 g/mol. The van der Waals surface area contributed by atoms with Gasteiger partial charge in [0.05, 0.1) is 10.0 Å². The first-order valence-electron chi connectivity index (χ1n) is 9.40. The van der Waals surface area contributed by atoms with Crippen LogP contribution in [-0.4, -0.2) is 23.4 Å². The number of carbonyl (C=O) groups excluding carboxylic acids is 2. The average molecular weight is 441 g/mol. The third-order valence-electron chi connectivity index (χ3n) is 4.81. The number of urea groups is 1. The summed E-state index contributed by atoms with van der Waals surface area (Å²) in [6.45, 7) is 2.34. The number of nitrogens with one attached hydrogen (secondary N) is 1. The fraction of sp³-hybridized carbons (Fsp3) is 0.130. The molecule has 0 bridgehead atoms. The van der Waals surface area contributed by atoms with E-state index in [-0.39, 0.29) is 11.6 Å². The van der Waals surface area contributed by atoms with Crippen LogP contribution in [0.15, 0.2) is 60.3 Å². The van der Waals surface area contributed by atoms with Gasteiger partial charge < -0.3 is 10.1 Å². The van der Waals surface area contributed by atoms with Crippen molar-refractivity contribution < 1.29 is 14.3 Å². The topological polar surface area (TPSA) is 58.6 Å². The van der Waals surface area contributed by atoms with Gasteiger partial charge in [0.15, 0.2) is 5.75 Å². The fourth-order valence-corrected chi connectivity index (χ4v) is 3.92. The van der Waals surface area contributed by atoms with Crippen molar-refractivity contribution in [1.29, 1.82) is 0 Å². The molecule has 3 amide bonds. The molecule has 3 aromatic carbocycles. The molecule has 1 N–H and O–H groups in total. The van der Waals surface area contributed by atoms with Crippen molar-refractivity contribution in [3.63, 3.8) is 0 Å². The molecule has 1 fully saturated rings. The van der Waals surface area contributed by atoms with Crippen molar-refractivity contribution in [2.24, 2.45) is 0 Å². The number of hydrogen-bond donors (Lipinski definition) is 1. The van der Waals surface area contributed by atoms with Crippen molar-refractivity contribution in [2.75, 3.05) is 6.54 Å². The van der Waals surface area contributed by atoms with Gasteiger partial charge in [-0.25, -0.2) is 4.79 Å². The molecular formula is C23H18Cl2N2O3. The minimum atomic E-state index is -0.443. The van der Waals surface area contributed by atoms with E-state index in [9.17, 15) is 9.59 Å². The van der Waals surface area contributed by atoms with E-state index in [1.807, 2.05) is 30.3 Å². The predicted octanol–water partition coefficient (Wildman–Crippen LogP) is 5.64. The fourth-order valence-electron chi connectivity index (χ4n) is 3.31. The van der Waals surface area contributed by atoms with Crippen LogP contribution in [0.2, 0.25) is 10.0 Å². The number of halogens is 2. The Balaban J connectivity index is 1.53. The van der Waals surface area contributed by atoms with Gasteiger partial charge in [-0.05, 0) is 53.1 Å². The van der Waals surface area contributed by atoms with Gasteiger partial charge in [0, 0.05) is 6.54 Å². The van der Waals surface area contributed by atoms with Gasteiger partial charge in [-0.1, -0.05) is 59.6 Å². The Morgan fingerprint density at radius 2 is 1.70 bits per heavy atom. The number of likely N-dealkylation sites (N-methyl/N-ethyl adjacent to an activating group) is 1. The van der Waals surface area contributed by atoms with Crippen molar-refractivity contribution in [3.8, 4) is 5.75 Å². The van der Waals surface area contributed by atoms with E-state index in [0.717, 1.165) is 21.2 Å². The molecule has 1 heterocycles. The standard InChI is InChI=1S/C23H18Cl2N2O3/c1-2-27-22(28)20(26-23(27)29)12-15-10-18(24)21(19(25)11-15)30-13-14-7-8-16-5-3-4-6-17(16)9-14/h3-12H,2,13H2,1H3,(H,26,29)/b20-12+. The second-order valence-electron chi connectivity index (χ2n) is 6.82. The molecule has 0 atom stereocenters. The summed E-state index contributed by atoms with van der Waals surface area (Å²) in [6, 6.07) is 17.0. The number of benzene rings is 3. The SMILES string of the molecule is CCN1C(=O)N/C(=C/c2cc(Cl)c(OCc3ccc4ccccc4c3)c(Cl)c2)C1=O. The van der Waals surface area contributed by atoms with Crippen molar-refractivity contribution in [1.82, 2.24) is 10.2 Å². The first kappa shape index (κ1) is 20.3. The number of hydrogen-bond acceptors (Lipinski definition) is 3. The van der Waals surface area contributed by atoms with E-state index in [1.165, 1.54) is 0 Å². The van der Waals surface area contributed by atoms with Crippen molar-refractivity contribution in [3.05, 3.63) is 81.5 Å². The number of nitrogens with zero attached hydrogens (tertiary/aromatic N) is 1. The highest BCUT2D eigenvalue weighted by Crippen LogP contribution is 2.35. The van der Waals surface area contributed by atoms with Gasteiger partial charge >= 0.3 is 6.03 Å². The lowest BCUT2D eigenvalue weighted by Crippen LogP contribution is -2.30. The highest BCUT2D eigenvalue weighted by atomic mass is 35.5. The summed E-state index contributed by atoms with van der Waals surface area (Å²) in [6.07, 6.45) is 1.54. The Labute approximate surface area is 183 Å². The Bertz CT molecular complexity index is 1170. The lowest BCUT2D eigenvalue weighted by molar-refractivity contribution is -0.122. The number of rotatable bonds is 5. The molecule has 0 unspecified atom stereocenters. The normalized spacial score (nSPS) is 15.2. The lowest BCUT2D eigenvalue weighted by atomic mass is 10.1. The molecule has 0 radical (unpaired) electrons. The Morgan fingerprint density at radius 3 is 2.37 bits per heavy atom. The summed E-state index contributed by atoms with van der Waals surface area (Å²) < 4.78 is 5.87. The quantitative estimate of drug-likeness (QED) is 0.412. The van der Waals surface area contributed by atoms with Crippen LogP contribution in [0, 0.1) is 0 Å². The smallest absolute Gasteiger partial charge is 0.328 e. The summed E-state index contributed by atoms with van der Waals surface area (Å²) in [4.78, 5) is 25.1. The maximum atomic E-state index is 12.2. The molecule has 0 aromatic heterocycles. The Kier molecular flexibility index (Phi) is 5.66. The van der Waals surface area contributed by atoms with Crippen molar-refractivity contribution in [2.45, 2.75) is 13.5 Å². The minimum absolute atomic E-state index is 0.179. The molecule has 1 aliphatic rings. The Hall–Kier alpha value is -3.02. The van der Waals surface area contributed by atoms with Crippen LogP contribution in [0.3, 0.4) is 0 Å².